The van der Waals surface area contributed by atoms with Crippen LogP contribution in [0.3, 0.4) is 0 Å². The van der Waals surface area contributed by atoms with Gasteiger partial charge in [-0.1, -0.05) is 29.8 Å². The van der Waals surface area contributed by atoms with E-state index in [0.29, 0.717) is 31.1 Å². The summed E-state index contributed by atoms with van der Waals surface area (Å²) in [5.74, 6) is -4.27. The molecule has 0 bridgehead atoms. The summed E-state index contributed by atoms with van der Waals surface area (Å²) in [5.41, 5.74) is 1.73. The van der Waals surface area contributed by atoms with Gasteiger partial charge in [0.05, 0.1) is 68.0 Å². The second-order valence-corrected chi connectivity index (χ2v) is 11.7. The zero-order valence-electron chi connectivity index (χ0n) is 25.3. The van der Waals surface area contributed by atoms with Crippen LogP contribution in [0.2, 0.25) is 5.02 Å². The number of ether oxygens (including phenoxy) is 4. The topological polar surface area (TPSA) is 184 Å². The van der Waals surface area contributed by atoms with E-state index in [1.807, 2.05) is 0 Å². The van der Waals surface area contributed by atoms with Gasteiger partial charge in [0.2, 0.25) is 0 Å². The van der Waals surface area contributed by atoms with E-state index < -0.39 is 34.9 Å². The Labute approximate surface area is 266 Å². The highest BCUT2D eigenvalue weighted by molar-refractivity contribution is 6.32. The van der Waals surface area contributed by atoms with Crippen LogP contribution in [-0.4, -0.2) is 80.8 Å². The van der Waals surface area contributed by atoms with Gasteiger partial charge in [-0.15, -0.1) is 0 Å². The summed E-state index contributed by atoms with van der Waals surface area (Å²) in [7, 11) is 1.10. The third-order valence-corrected chi connectivity index (χ3v) is 8.61. The molecule has 0 amide bonds. The van der Waals surface area contributed by atoms with Gasteiger partial charge in [0.1, 0.15) is 0 Å². The molecule has 2 saturated carbocycles. The summed E-state index contributed by atoms with van der Waals surface area (Å²) < 4.78 is 22.3. The van der Waals surface area contributed by atoms with Crippen LogP contribution in [0.5, 0.6) is 0 Å². The first-order chi connectivity index (χ1) is 21.6. The summed E-state index contributed by atoms with van der Waals surface area (Å²) in [6, 6.07) is 6.01. The monoisotopic (exact) mass is 646 g/mol. The fourth-order valence-electron chi connectivity index (χ4n) is 6.11. The van der Waals surface area contributed by atoms with Gasteiger partial charge >= 0.3 is 23.9 Å². The largest absolute Gasteiger partial charge is 0.478 e. The lowest BCUT2D eigenvalue weighted by molar-refractivity contribution is -0.142. The Kier molecular flexibility index (Phi) is 11.4. The number of allylic oxidation sites excluding steroid dienone is 1. The predicted octanol–water partition coefficient (Wildman–Crippen LogP) is 2.95. The number of dihydropyridines is 1. The Morgan fingerprint density at radius 2 is 1.67 bits per heavy atom. The number of nitrogens with one attached hydrogen (secondary N) is 1. The fraction of sp³-hybridized carbons (Fsp3) is 0.500. The summed E-state index contributed by atoms with van der Waals surface area (Å²) in [4.78, 5) is 53.3. The second-order valence-electron chi connectivity index (χ2n) is 11.3. The number of halogens is 1. The molecule has 2 fully saturated rings. The molecule has 1 aromatic rings. The van der Waals surface area contributed by atoms with E-state index in [1.54, 1.807) is 12.1 Å². The number of benzene rings is 1. The number of hydrogen-bond donors (Lipinski definition) is 4. The maximum absolute atomic E-state index is 14.4. The number of carbonyl (C=O) groups excluding carboxylic acids is 2. The lowest BCUT2D eigenvalue weighted by atomic mass is 9.61. The van der Waals surface area contributed by atoms with Crippen molar-refractivity contribution in [2.24, 2.45) is 23.5 Å². The van der Waals surface area contributed by atoms with Crippen LogP contribution in [-0.2, 0) is 43.5 Å². The molecule has 0 saturated heterocycles. The van der Waals surface area contributed by atoms with E-state index >= 15 is 0 Å². The Balaban J connectivity index is 1.97. The number of esters is 2. The van der Waals surface area contributed by atoms with Crippen molar-refractivity contribution >= 4 is 35.5 Å². The molecule has 1 heterocycles. The van der Waals surface area contributed by atoms with Gasteiger partial charge in [0, 0.05) is 23.3 Å². The molecule has 1 aliphatic heterocycles. The van der Waals surface area contributed by atoms with E-state index in [-0.39, 0.29) is 65.5 Å². The summed E-state index contributed by atoms with van der Waals surface area (Å²) in [6.45, 7) is 2.20. The smallest absolute Gasteiger partial charge is 0.337 e. The number of rotatable bonds is 17. The minimum absolute atomic E-state index is 0.0271. The standard InChI is InChI=1S/C32H39ClN2O10/c1-18-27(30(40)42-2)32(22-5-3-4-6-24(22)33,23(29(38)39)15-26(36)37)28(25(35-18)17-44-14-13-43-12-11-34)31(41)45-16-21(19-7-8-19)20-9-10-20/h3-6,15,19-21,35H,7-14,16-17,34H2,1-2H3,(H,36,37)(H,38,39)/b23-15+. The van der Waals surface area contributed by atoms with Gasteiger partial charge in [0.15, 0.2) is 0 Å². The molecular formula is C32H39ClN2O10. The van der Waals surface area contributed by atoms with Crippen LogP contribution in [0, 0.1) is 17.8 Å². The Morgan fingerprint density at radius 1 is 1.02 bits per heavy atom. The molecule has 1 aromatic carbocycles. The third kappa shape index (κ3) is 7.58. The number of aliphatic carboxylic acids is 2. The number of carboxylic acid groups (broad SMARTS) is 2. The van der Waals surface area contributed by atoms with E-state index in [0.717, 1.165) is 32.8 Å². The van der Waals surface area contributed by atoms with Crippen molar-refractivity contribution in [3.8, 4) is 0 Å². The molecular weight excluding hydrogens is 608 g/mol. The van der Waals surface area contributed by atoms with Crippen LogP contribution in [0.1, 0.15) is 38.2 Å². The van der Waals surface area contributed by atoms with Crippen LogP contribution in [0.4, 0.5) is 0 Å². The minimum Gasteiger partial charge on any atom is -0.478 e. The van der Waals surface area contributed by atoms with E-state index in [1.165, 1.54) is 19.1 Å². The van der Waals surface area contributed by atoms with E-state index in [4.69, 9.17) is 36.3 Å². The lowest BCUT2D eigenvalue weighted by Crippen LogP contribution is -2.49. The molecule has 0 aromatic heterocycles. The van der Waals surface area contributed by atoms with Crippen LogP contribution in [0.25, 0.3) is 0 Å². The van der Waals surface area contributed by atoms with Gasteiger partial charge in [-0.05, 0) is 62.0 Å². The zero-order valence-corrected chi connectivity index (χ0v) is 26.1. The Bertz CT molecular complexity index is 1400. The molecule has 13 heteroatoms. The molecule has 12 nitrogen and oxygen atoms in total. The molecule has 1 atom stereocenters. The second kappa shape index (κ2) is 15.0. The molecule has 45 heavy (non-hydrogen) atoms. The third-order valence-electron chi connectivity index (χ3n) is 8.28. The fourth-order valence-corrected chi connectivity index (χ4v) is 6.38. The minimum atomic E-state index is -2.38. The van der Waals surface area contributed by atoms with Gasteiger partial charge in [-0.2, -0.15) is 0 Å². The quantitative estimate of drug-likeness (QED) is 0.110. The summed E-state index contributed by atoms with van der Waals surface area (Å²) >= 11 is 6.72. The lowest BCUT2D eigenvalue weighted by Gasteiger charge is -2.42. The van der Waals surface area contributed by atoms with Crippen molar-refractivity contribution in [3.63, 3.8) is 0 Å². The highest BCUT2D eigenvalue weighted by atomic mass is 35.5. The SMILES string of the molecule is COC(=O)C1=C(C)NC(COCCOCCN)=C(C(=O)OCC(C2CC2)C2CC2)C1(/C(=C/C(=O)O)C(=O)O)c1ccccc1Cl. The predicted molar refractivity (Wildman–Crippen MR) is 162 cm³/mol. The van der Waals surface area contributed by atoms with Crippen molar-refractivity contribution < 1.29 is 48.3 Å². The normalized spacial score (nSPS) is 20.2. The van der Waals surface area contributed by atoms with E-state index in [9.17, 15) is 29.4 Å². The highest BCUT2D eigenvalue weighted by Gasteiger charge is 2.57. The summed E-state index contributed by atoms with van der Waals surface area (Å²) in [5, 5.41) is 23.5. The molecule has 5 N–H and O–H groups in total. The number of carbonyl (C=O) groups is 4. The first kappa shape index (κ1) is 34.2. The maximum atomic E-state index is 14.4. The van der Waals surface area contributed by atoms with Crippen LogP contribution in [0.15, 0.2) is 58.5 Å². The number of carboxylic acids is 2. The molecule has 3 aliphatic rings. The summed E-state index contributed by atoms with van der Waals surface area (Å²) in [6.07, 6.45) is 4.61. The van der Waals surface area contributed by atoms with Gasteiger partial charge < -0.3 is 40.2 Å². The molecule has 244 valence electrons. The van der Waals surface area contributed by atoms with Gasteiger partial charge in [-0.25, -0.2) is 19.2 Å². The molecule has 0 spiro atoms. The average Bonchev–Trinajstić information content (AvgIpc) is 3.93. The zero-order chi connectivity index (χ0) is 32.7. The molecule has 0 radical (unpaired) electrons. The number of nitrogens with two attached hydrogens (primary N) is 1. The first-order valence-electron chi connectivity index (χ1n) is 14.8. The number of hydrogen-bond acceptors (Lipinski definition) is 10. The molecule has 1 unspecified atom stereocenters. The van der Waals surface area contributed by atoms with Gasteiger partial charge in [-0.3, -0.25) is 0 Å². The van der Waals surface area contributed by atoms with Crippen molar-refractivity contribution in [3.05, 3.63) is 69.0 Å². The maximum Gasteiger partial charge on any atom is 0.337 e. The Hall–Kier alpha value is -3.71. The van der Waals surface area contributed by atoms with Gasteiger partial charge in [0.25, 0.3) is 0 Å². The average molecular weight is 647 g/mol. The van der Waals surface area contributed by atoms with Crippen LogP contribution >= 0.6 is 11.6 Å². The molecule has 4 rings (SSSR count). The van der Waals surface area contributed by atoms with Crippen molar-refractivity contribution in [2.75, 3.05) is 46.7 Å². The Morgan fingerprint density at radius 3 is 2.22 bits per heavy atom. The van der Waals surface area contributed by atoms with E-state index in [2.05, 4.69) is 5.32 Å². The first-order valence-corrected chi connectivity index (χ1v) is 15.2. The highest BCUT2D eigenvalue weighted by Crippen LogP contribution is 2.53. The van der Waals surface area contributed by atoms with Crippen molar-refractivity contribution in [2.45, 2.75) is 38.0 Å². The van der Waals surface area contributed by atoms with Crippen LogP contribution < -0.4 is 11.1 Å². The van der Waals surface area contributed by atoms with Crippen molar-refractivity contribution in [1.29, 1.82) is 0 Å². The number of methoxy groups -OCH3 is 1. The molecule has 2 aliphatic carbocycles. The van der Waals surface area contributed by atoms with Crippen molar-refractivity contribution in [1.82, 2.24) is 5.32 Å².